The summed E-state index contributed by atoms with van der Waals surface area (Å²) in [5.74, 6) is -1.86. The number of aliphatic hydroxyl groups excluding tert-OH is 1. The number of carbonyl (C=O) groups is 2. The van der Waals surface area contributed by atoms with Crippen molar-refractivity contribution in [3.8, 4) is 0 Å². The van der Waals surface area contributed by atoms with Crippen molar-refractivity contribution in [2.24, 2.45) is 0 Å². The van der Waals surface area contributed by atoms with Gasteiger partial charge in [0, 0.05) is 12.5 Å². The SMILES string of the molecule is CCC(=O)/C=C(\O)C(=O)OC. The third-order valence-electron chi connectivity index (χ3n) is 1.04. The first-order valence-electron chi connectivity index (χ1n) is 3.13. The summed E-state index contributed by atoms with van der Waals surface area (Å²) in [5, 5.41) is 8.78. The van der Waals surface area contributed by atoms with E-state index in [-0.39, 0.29) is 12.2 Å². The van der Waals surface area contributed by atoms with Crippen molar-refractivity contribution in [1.82, 2.24) is 0 Å². The standard InChI is InChI=1S/C7H10O4/c1-3-5(8)4-6(9)7(10)11-2/h4,9H,3H2,1-2H3/b6-4-. The van der Waals surface area contributed by atoms with Crippen LogP contribution in [0.2, 0.25) is 0 Å². The van der Waals surface area contributed by atoms with Crippen molar-refractivity contribution in [2.75, 3.05) is 7.11 Å². The van der Waals surface area contributed by atoms with E-state index in [1.54, 1.807) is 6.92 Å². The molecular formula is C7H10O4. The fraction of sp³-hybridized carbons (Fsp3) is 0.429. The molecule has 0 aromatic heterocycles. The van der Waals surface area contributed by atoms with Crippen LogP contribution in [0.1, 0.15) is 13.3 Å². The van der Waals surface area contributed by atoms with Gasteiger partial charge in [-0.15, -0.1) is 0 Å². The zero-order valence-electron chi connectivity index (χ0n) is 6.46. The Kier molecular flexibility index (Phi) is 3.95. The second-order valence-corrected chi connectivity index (χ2v) is 1.84. The predicted molar refractivity (Wildman–Crippen MR) is 38.0 cm³/mol. The average Bonchev–Trinajstić information content (AvgIpc) is 2.02. The molecule has 0 atom stereocenters. The summed E-state index contributed by atoms with van der Waals surface area (Å²) in [6.07, 6.45) is 1.10. The van der Waals surface area contributed by atoms with E-state index in [9.17, 15) is 9.59 Å². The van der Waals surface area contributed by atoms with Gasteiger partial charge in [0.2, 0.25) is 5.76 Å². The Bertz CT molecular complexity index is 193. The molecule has 0 aliphatic heterocycles. The smallest absolute Gasteiger partial charge is 0.373 e. The summed E-state index contributed by atoms with van der Waals surface area (Å²) in [7, 11) is 1.13. The van der Waals surface area contributed by atoms with Crippen molar-refractivity contribution >= 4 is 11.8 Å². The lowest BCUT2D eigenvalue weighted by atomic mass is 10.3. The number of allylic oxidation sites excluding steroid dienone is 1. The van der Waals surface area contributed by atoms with Gasteiger partial charge in [-0.3, -0.25) is 4.79 Å². The number of ketones is 1. The molecule has 4 nitrogen and oxygen atoms in total. The van der Waals surface area contributed by atoms with E-state index in [4.69, 9.17) is 5.11 Å². The van der Waals surface area contributed by atoms with Crippen LogP contribution >= 0.6 is 0 Å². The maximum absolute atomic E-state index is 10.6. The highest BCUT2D eigenvalue weighted by atomic mass is 16.5. The molecule has 4 heteroatoms. The summed E-state index contributed by atoms with van der Waals surface area (Å²) >= 11 is 0. The summed E-state index contributed by atoms with van der Waals surface area (Å²) in [4.78, 5) is 21.1. The predicted octanol–water partition coefficient (Wildman–Crippen LogP) is 0.580. The number of carbonyl (C=O) groups excluding carboxylic acids is 2. The molecule has 11 heavy (non-hydrogen) atoms. The minimum absolute atomic E-state index is 0.251. The highest BCUT2D eigenvalue weighted by Crippen LogP contribution is 1.93. The van der Waals surface area contributed by atoms with E-state index in [2.05, 4.69) is 4.74 Å². The molecular weight excluding hydrogens is 148 g/mol. The fourth-order valence-corrected chi connectivity index (χ4v) is 0.418. The molecule has 0 radical (unpaired) electrons. The third-order valence-corrected chi connectivity index (χ3v) is 1.04. The zero-order valence-corrected chi connectivity index (χ0v) is 6.46. The average molecular weight is 158 g/mol. The Labute approximate surface area is 64.5 Å². The number of aliphatic hydroxyl groups is 1. The highest BCUT2D eigenvalue weighted by molar-refractivity contribution is 5.97. The molecule has 0 spiro atoms. The first kappa shape index (κ1) is 9.68. The molecule has 0 aromatic carbocycles. The third kappa shape index (κ3) is 3.40. The van der Waals surface area contributed by atoms with E-state index < -0.39 is 11.7 Å². The van der Waals surface area contributed by atoms with Crippen LogP contribution in [-0.2, 0) is 14.3 Å². The maximum atomic E-state index is 10.6. The second kappa shape index (κ2) is 4.49. The van der Waals surface area contributed by atoms with Crippen molar-refractivity contribution in [2.45, 2.75) is 13.3 Å². The van der Waals surface area contributed by atoms with Gasteiger partial charge in [-0.1, -0.05) is 6.92 Å². The Morgan fingerprint density at radius 3 is 2.45 bits per heavy atom. The Balaban J connectivity index is 4.21. The lowest BCUT2D eigenvalue weighted by molar-refractivity contribution is -0.139. The molecule has 0 amide bonds. The number of methoxy groups -OCH3 is 1. The molecule has 0 bridgehead atoms. The van der Waals surface area contributed by atoms with Crippen LogP contribution in [-0.4, -0.2) is 24.0 Å². The molecule has 0 rings (SSSR count). The van der Waals surface area contributed by atoms with Crippen LogP contribution in [0.3, 0.4) is 0 Å². The topological polar surface area (TPSA) is 63.6 Å². The van der Waals surface area contributed by atoms with E-state index in [0.29, 0.717) is 0 Å². The lowest BCUT2D eigenvalue weighted by Gasteiger charge is -1.94. The zero-order chi connectivity index (χ0) is 8.85. The number of rotatable bonds is 3. The number of hydrogen-bond donors (Lipinski definition) is 1. The minimum Gasteiger partial charge on any atom is -0.502 e. The van der Waals surface area contributed by atoms with Gasteiger partial charge in [0.1, 0.15) is 0 Å². The molecule has 0 fully saturated rings. The van der Waals surface area contributed by atoms with Gasteiger partial charge in [0.15, 0.2) is 5.78 Å². The van der Waals surface area contributed by atoms with E-state index >= 15 is 0 Å². The van der Waals surface area contributed by atoms with Crippen LogP contribution in [0.5, 0.6) is 0 Å². The number of ether oxygens (including phenoxy) is 1. The van der Waals surface area contributed by atoms with E-state index in [0.717, 1.165) is 13.2 Å². The van der Waals surface area contributed by atoms with Gasteiger partial charge in [-0.25, -0.2) is 4.79 Å². The molecule has 0 aliphatic rings. The maximum Gasteiger partial charge on any atom is 0.373 e. The first-order chi connectivity index (χ1) is 5.11. The van der Waals surface area contributed by atoms with Gasteiger partial charge >= 0.3 is 5.97 Å². The van der Waals surface area contributed by atoms with Crippen LogP contribution < -0.4 is 0 Å². The monoisotopic (exact) mass is 158 g/mol. The Hall–Kier alpha value is -1.32. The Morgan fingerprint density at radius 2 is 2.09 bits per heavy atom. The van der Waals surface area contributed by atoms with Crippen molar-refractivity contribution in [1.29, 1.82) is 0 Å². The summed E-state index contributed by atoms with van der Waals surface area (Å²) in [6.45, 7) is 1.63. The quantitative estimate of drug-likeness (QED) is 0.370. The summed E-state index contributed by atoms with van der Waals surface area (Å²) < 4.78 is 4.15. The Morgan fingerprint density at radius 1 is 1.55 bits per heavy atom. The lowest BCUT2D eigenvalue weighted by Crippen LogP contribution is -2.06. The largest absolute Gasteiger partial charge is 0.502 e. The van der Waals surface area contributed by atoms with Gasteiger partial charge in [0.25, 0.3) is 0 Å². The molecule has 0 saturated carbocycles. The molecule has 62 valence electrons. The van der Waals surface area contributed by atoms with Crippen molar-refractivity contribution < 1.29 is 19.4 Å². The van der Waals surface area contributed by atoms with Gasteiger partial charge < -0.3 is 9.84 Å². The van der Waals surface area contributed by atoms with Gasteiger partial charge in [0.05, 0.1) is 7.11 Å². The fourth-order valence-electron chi connectivity index (χ4n) is 0.418. The van der Waals surface area contributed by atoms with E-state index in [1.165, 1.54) is 0 Å². The minimum atomic E-state index is -0.896. The van der Waals surface area contributed by atoms with E-state index in [1.807, 2.05) is 0 Å². The summed E-state index contributed by atoms with van der Waals surface area (Å²) in [5.41, 5.74) is 0. The molecule has 0 aliphatic carbocycles. The first-order valence-corrected chi connectivity index (χ1v) is 3.13. The van der Waals surface area contributed by atoms with Crippen molar-refractivity contribution in [3.05, 3.63) is 11.8 Å². The van der Waals surface area contributed by atoms with Gasteiger partial charge in [-0.05, 0) is 0 Å². The van der Waals surface area contributed by atoms with Crippen LogP contribution in [0.25, 0.3) is 0 Å². The normalized spacial score (nSPS) is 10.9. The number of esters is 1. The highest BCUT2D eigenvalue weighted by Gasteiger charge is 2.07. The summed E-state index contributed by atoms with van der Waals surface area (Å²) in [6, 6.07) is 0. The van der Waals surface area contributed by atoms with Crippen LogP contribution in [0, 0.1) is 0 Å². The molecule has 0 heterocycles. The molecule has 0 aromatic rings. The molecule has 1 N–H and O–H groups in total. The van der Waals surface area contributed by atoms with Crippen LogP contribution in [0.4, 0.5) is 0 Å². The van der Waals surface area contributed by atoms with Crippen molar-refractivity contribution in [3.63, 3.8) is 0 Å². The number of hydrogen-bond acceptors (Lipinski definition) is 4. The van der Waals surface area contributed by atoms with Crippen LogP contribution in [0.15, 0.2) is 11.8 Å². The second-order valence-electron chi connectivity index (χ2n) is 1.84. The van der Waals surface area contributed by atoms with Gasteiger partial charge in [-0.2, -0.15) is 0 Å². The molecule has 0 unspecified atom stereocenters. The molecule has 0 saturated heterocycles.